The molecule has 1 aromatic carbocycles. The van der Waals surface area contributed by atoms with Gasteiger partial charge in [-0.15, -0.1) is 0 Å². The molecule has 2 fully saturated rings. The van der Waals surface area contributed by atoms with Gasteiger partial charge in [0.2, 0.25) is 5.91 Å². The van der Waals surface area contributed by atoms with Crippen molar-refractivity contribution in [3.05, 3.63) is 24.3 Å². The molecule has 3 unspecified atom stereocenters. The van der Waals surface area contributed by atoms with Crippen LogP contribution in [-0.4, -0.2) is 18.5 Å². The first kappa shape index (κ1) is 14.4. The van der Waals surface area contributed by atoms with Crippen LogP contribution >= 0.6 is 0 Å². The molecule has 0 radical (unpaired) electrons. The number of nitrogens with zero attached hydrogens (tertiary/aromatic N) is 1. The number of carbonyl (C=O) groups is 1. The second kappa shape index (κ2) is 6.08. The third-order valence-corrected chi connectivity index (χ3v) is 5.23. The Morgan fingerprint density at radius 2 is 1.95 bits per heavy atom. The van der Waals surface area contributed by atoms with Crippen molar-refractivity contribution < 1.29 is 4.79 Å². The molecule has 3 rings (SSSR count). The van der Waals surface area contributed by atoms with Crippen molar-refractivity contribution in [2.75, 3.05) is 16.8 Å². The minimum absolute atomic E-state index is 0.259. The highest BCUT2D eigenvalue weighted by Crippen LogP contribution is 2.34. The van der Waals surface area contributed by atoms with Gasteiger partial charge in [0.25, 0.3) is 0 Å². The summed E-state index contributed by atoms with van der Waals surface area (Å²) >= 11 is 0. The molecule has 1 aromatic rings. The topological polar surface area (TPSA) is 32.3 Å². The van der Waals surface area contributed by atoms with E-state index in [0.29, 0.717) is 12.5 Å². The van der Waals surface area contributed by atoms with Crippen LogP contribution in [0.2, 0.25) is 0 Å². The van der Waals surface area contributed by atoms with Gasteiger partial charge in [-0.3, -0.25) is 4.79 Å². The fraction of sp³-hybridized carbons (Fsp3) is 0.611. The molecule has 3 heteroatoms. The van der Waals surface area contributed by atoms with E-state index in [1.165, 1.54) is 19.3 Å². The highest BCUT2D eigenvalue weighted by molar-refractivity contribution is 5.98. The fourth-order valence-corrected chi connectivity index (χ4v) is 3.63. The smallest absolute Gasteiger partial charge is 0.227 e. The van der Waals surface area contributed by atoms with Crippen LogP contribution in [0, 0.1) is 11.8 Å². The number of nitrogens with one attached hydrogen (secondary N) is 1. The summed E-state index contributed by atoms with van der Waals surface area (Å²) in [6.07, 6.45) is 5.42. The summed E-state index contributed by atoms with van der Waals surface area (Å²) in [6.45, 7) is 5.57. The van der Waals surface area contributed by atoms with Crippen molar-refractivity contribution in [3.8, 4) is 0 Å². The number of anilines is 2. The van der Waals surface area contributed by atoms with Gasteiger partial charge in [0.1, 0.15) is 0 Å². The van der Waals surface area contributed by atoms with Crippen LogP contribution in [-0.2, 0) is 4.79 Å². The van der Waals surface area contributed by atoms with E-state index in [-0.39, 0.29) is 5.91 Å². The molecule has 3 nitrogen and oxygen atoms in total. The number of carbonyl (C=O) groups excluding carboxylic acids is 1. The summed E-state index contributed by atoms with van der Waals surface area (Å²) in [6, 6.07) is 8.80. The Morgan fingerprint density at radius 1 is 1.14 bits per heavy atom. The second-order valence-electron chi connectivity index (χ2n) is 6.77. The lowest BCUT2D eigenvalue weighted by Gasteiger charge is -2.34. The predicted octanol–water partition coefficient (Wildman–Crippen LogP) is 4.05. The molecule has 1 amide bonds. The van der Waals surface area contributed by atoms with Crippen LogP contribution in [0.5, 0.6) is 0 Å². The molecule has 1 aliphatic heterocycles. The molecule has 1 N–H and O–H groups in total. The first-order chi connectivity index (χ1) is 10.1. The maximum Gasteiger partial charge on any atom is 0.227 e. The van der Waals surface area contributed by atoms with Gasteiger partial charge in [-0.05, 0) is 49.7 Å². The molecule has 0 spiro atoms. The fourth-order valence-electron chi connectivity index (χ4n) is 3.63. The Balaban J connectivity index is 1.75. The summed E-state index contributed by atoms with van der Waals surface area (Å²) < 4.78 is 0. The number of hydrogen-bond donors (Lipinski definition) is 1. The largest absolute Gasteiger partial charge is 0.381 e. The molecule has 1 saturated heterocycles. The van der Waals surface area contributed by atoms with Crippen molar-refractivity contribution in [1.29, 1.82) is 0 Å². The van der Waals surface area contributed by atoms with E-state index < -0.39 is 0 Å². The van der Waals surface area contributed by atoms with Crippen LogP contribution in [0.1, 0.15) is 46.0 Å². The first-order valence-electron chi connectivity index (χ1n) is 8.31. The zero-order valence-electron chi connectivity index (χ0n) is 13.1. The van der Waals surface area contributed by atoms with Crippen LogP contribution in [0.25, 0.3) is 0 Å². The first-order valence-corrected chi connectivity index (χ1v) is 8.31. The van der Waals surface area contributed by atoms with Crippen molar-refractivity contribution in [2.24, 2.45) is 11.8 Å². The maximum absolute atomic E-state index is 12.0. The Labute approximate surface area is 127 Å². The van der Waals surface area contributed by atoms with Gasteiger partial charge in [0, 0.05) is 19.0 Å². The van der Waals surface area contributed by atoms with Gasteiger partial charge in [0.05, 0.1) is 11.4 Å². The number of rotatable bonds is 3. The van der Waals surface area contributed by atoms with E-state index in [0.717, 1.165) is 36.2 Å². The van der Waals surface area contributed by atoms with E-state index in [1.807, 2.05) is 11.0 Å². The highest BCUT2D eigenvalue weighted by atomic mass is 16.2. The molecular weight excluding hydrogens is 260 g/mol. The van der Waals surface area contributed by atoms with Gasteiger partial charge >= 0.3 is 0 Å². The van der Waals surface area contributed by atoms with Gasteiger partial charge in [-0.2, -0.15) is 0 Å². The lowest BCUT2D eigenvalue weighted by molar-refractivity contribution is -0.117. The molecule has 1 heterocycles. The minimum atomic E-state index is 0.259. The monoisotopic (exact) mass is 286 g/mol. The normalized spacial score (nSPS) is 29.7. The standard InChI is InChI=1S/C18H26N2O/c1-13-9-10-15(12-14(13)2)19-16-6-3-4-7-17(16)20-11-5-8-18(20)21/h3-4,6-7,13-15,19H,5,8-12H2,1-2H3. The van der Waals surface area contributed by atoms with E-state index in [9.17, 15) is 4.79 Å². The van der Waals surface area contributed by atoms with Crippen molar-refractivity contribution in [1.82, 2.24) is 0 Å². The molecule has 1 saturated carbocycles. The third kappa shape index (κ3) is 3.07. The number of benzene rings is 1. The van der Waals surface area contributed by atoms with E-state index >= 15 is 0 Å². The van der Waals surface area contributed by atoms with E-state index in [1.54, 1.807) is 0 Å². The average molecular weight is 286 g/mol. The summed E-state index contributed by atoms with van der Waals surface area (Å²) in [7, 11) is 0. The van der Waals surface area contributed by atoms with Crippen LogP contribution in [0.4, 0.5) is 11.4 Å². The Bertz CT molecular complexity index is 514. The minimum Gasteiger partial charge on any atom is -0.381 e. The summed E-state index contributed by atoms with van der Waals surface area (Å²) in [5, 5.41) is 3.70. The Kier molecular flexibility index (Phi) is 4.18. The zero-order chi connectivity index (χ0) is 14.8. The highest BCUT2D eigenvalue weighted by Gasteiger charge is 2.27. The third-order valence-electron chi connectivity index (χ3n) is 5.23. The lowest BCUT2D eigenvalue weighted by atomic mass is 9.79. The molecule has 2 aliphatic rings. The van der Waals surface area contributed by atoms with Gasteiger partial charge in [-0.1, -0.05) is 26.0 Å². The van der Waals surface area contributed by atoms with Crippen LogP contribution < -0.4 is 10.2 Å². The number of hydrogen-bond acceptors (Lipinski definition) is 2. The number of para-hydroxylation sites is 2. The lowest BCUT2D eigenvalue weighted by Crippen LogP contribution is -2.31. The van der Waals surface area contributed by atoms with Crippen LogP contribution in [0.15, 0.2) is 24.3 Å². The van der Waals surface area contributed by atoms with Crippen molar-refractivity contribution in [2.45, 2.75) is 52.0 Å². The van der Waals surface area contributed by atoms with Crippen LogP contribution in [0.3, 0.4) is 0 Å². The van der Waals surface area contributed by atoms with Gasteiger partial charge in [-0.25, -0.2) is 0 Å². The average Bonchev–Trinajstić information content (AvgIpc) is 2.90. The van der Waals surface area contributed by atoms with E-state index in [2.05, 4.69) is 37.4 Å². The quantitative estimate of drug-likeness (QED) is 0.909. The van der Waals surface area contributed by atoms with Crippen molar-refractivity contribution in [3.63, 3.8) is 0 Å². The Hall–Kier alpha value is -1.51. The zero-order valence-corrected chi connectivity index (χ0v) is 13.1. The second-order valence-corrected chi connectivity index (χ2v) is 6.77. The molecule has 114 valence electrons. The molecule has 0 bridgehead atoms. The van der Waals surface area contributed by atoms with E-state index in [4.69, 9.17) is 0 Å². The van der Waals surface area contributed by atoms with Gasteiger partial charge < -0.3 is 10.2 Å². The summed E-state index contributed by atoms with van der Waals surface area (Å²) in [4.78, 5) is 14.0. The molecule has 1 aliphatic carbocycles. The summed E-state index contributed by atoms with van der Waals surface area (Å²) in [5.74, 6) is 1.87. The predicted molar refractivity (Wildman–Crippen MR) is 87.6 cm³/mol. The number of amides is 1. The molecule has 21 heavy (non-hydrogen) atoms. The molecule has 0 aromatic heterocycles. The molecular formula is C18H26N2O. The van der Waals surface area contributed by atoms with Crippen molar-refractivity contribution >= 4 is 17.3 Å². The van der Waals surface area contributed by atoms with Gasteiger partial charge in [0.15, 0.2) is 0 Å². The maximum atomic E-state index is 12.0. The summed E-state index contributed by atoms with van der Waals surface area (Å²) in [5.41, 5.74) is 2.19. The molecule has 3 atom stereocenters. The Morgan fingerprint density at radius 3 is 2.67 bits per heavy atom. The SMILES string of the molecule is CC1CCC(Nc2ccccc2N2CCCC2=O)CC1C.